The second kappa shape index (κ2) is 8.88. The number of ether oxygens (including phenoxy) is 1. The van der Waals surface area contributed by atoms with E-state index in [0.717, 1.165) is 18.4 Å². The predicted octanol–water partition coefficient (Wildman–Crippen LogP) is 3.66. The fourth-order valence-corrected chi connectivity index (χ4v) is 2.00. The lowest BCUT2D eigenvalue weighted by Gasteiger charge is -2.16. The molecular formula is C16H27FN2O2S. The van der Waals surface area contributed by atoms with Gasteiger partial charge in [0.15, 0.2) is 0 Å². The molecule has 0 radical (unpaired) electrons. The first-order valence-corrected chi connectivity index (χ1v) is 7.29. The van der Waals surface area contributed by atoms with Crippen molar-refractivity contribution in [2.24, 2.45) is 5.41 Å². The maximum atomic E-state index is 12.8. The molecule has 1 aromatic rings. The second-order valence-electron chi connectivity index (χ2n) is 5.23. The third-order valence-corrected chi connectivity index (χ3v) is 3.70. The summed E-state index contributed by atoms with van der Waals surface area (Å²) in [4.78, 5) is 11.5. The Morgan fingerprint density at radius 3 is 2.45 bits per heavy atom. The fourth-order valence-electron chi connectivity index (χ4n) is 2.00. The van der Waals surface area contributed by atoms with Gasteiger partial charge in [-0.1, -0.05) is 13.8 Å². The summed E-state index contributed by atoms with van der Waals surface area (Å²) in [5, 5.41) is 3.15. The monoisotopic (exact) mass is 330 g/mol. The maximum Gasteiger partial charge on any atom is 0.337 e. The van der Waals surface area contributed by atoms with Gasteiger partial charge in [-0.25, -0.2) is 4.79 Å². The molecular weight excluding hydrogens is 303 g/mol. The van der Waals surface area contributed by atoms with E-state index in [1.54, 1.807) is 12.1 Å². The van der Waals surface area contributed by atoms with Gasteiger partial charge in [-0.15, -0.1) is 0 Å². The third-order valence-electron chi connectivity index (χ3n) is 3.70. The number of nitrogen functional groups attached to an aromatic ring is 1. The average molecular weight is 330 g/mol. The molecule has 2 rings (SSSR count). The van der Waals surface area contributed by atoms with Crippen molar-refractivity contribution in [1.82, 2.24) is 0 Å². The van der Waals surface area contributed by atoms with Crippen LogP contribution in [0.4, 0.5) is 15.8 Å². The highest BCUT2D eigenvalue weighted by molar-refractivity contribution is 7.59. The van der Waals surface area contributed by atoms with Crippen molar-refractivity contribution in [3.8, 4) is 0 Å². The van der Waals surface area contributed by atoms with Crippen LogP contribution in [0.25, 0.3) is 0 Å². The molecule has 6 heteroatoms. The van der Waals surface area contributed by atoms with Crippen molar-refractivity contribution >= 4 is 30.8 Å². The molecule has 22 heavy (non-hydrogen) atoms. The highest BCUT2D eigenvalue weighted by atomic mass is 32.1. The summed E-state index contributed by atoms with van der Waals surface area (Å²) in [7, 11) is 1.34. The Morgan fingerprint density at radius 1 is 1.41 bits per heavy atom. The number of hydrogen-bond acceptors (Lipinski definition) is 4. The molecule has 0 unspecified atom stereocenters. The molecule has 1 aliphatic carbocycles. The van der Waals surface area contributed by atoms with Crippen molar-refractivity contribution in [3.63, 3.8) is 0 Å². The first-order chi connectivity index (χ1) is 10.0. The van der Waals surface area contributed by atoms with Crippen LogP contribution in [0.5, 0.6) is 0 Å². The van der Waals surface area contributed by atoms with Gasteiger partial charge < -0.3 is 15.8 Å². The minimum absolute atomic E-state index is 0. The lowest BCUT2D eigenvalue weighted by molar-refractivity contribution is 0.0600. The molecule has 126 valence electrons. The SMILES string of the molecule is CC.COC(=O)c1cc(C)c(N)c(NCC2(CF)CC2)c1.S. The van der Waals surface area contributed by atoms with Crippen molar-refractivity contribution in [3.05, 3.63) is 23.3 Å². The van der Waals surface area contributed by atoms with Crippen molar-refractivity contribution in [2.45, 2.75) is 33.6 Å². The van der Waals surface area contributed by atoms with Crippen LogP contribution in [-0.4, -0.2) is 26.3 Å². The summed E-state index contributed by atoms with van der Waals surface area (Å²) in [6, 6.07) is 3.34. The van der Waals surface area contributed by atoms with E-state index < -0.39 is 5.97 Å². The molecule has 0 aliphatic heterocycles. The molecule has 0 aromatic heterocycles. The number of benzene rings is 1. The Balaban J connectivity index is 0.00000141. The smallest absolute Gasteiger partial charge is 0.337 e. The van der Waals surface area contributed by atoms with Crippen LogP contribution < -0.4 is 11.1 Å². The minimum Gasteiger partial charge on any atom is -0.465 e. The Bertz CT molecular complexity index is 505. The van der Waals surface area contributed by atoms with E-state index in [9.17, 15) is 9.18 Å². The molecule has 0 bridgehead atoms. The first-order valence-electron chi connectivity index (χ1n) is 7.29. The van der Waals surface area contributed by atoms with Crippen LogP contribution in [0.2, 0.25) is 0 Å². The van der Waals surface area contributed by atoms with E-state index >= 15 is 0 Å². The van der Waals surface area contributed by atoms with Crippen LogP contribution in [0, 0.1) is 12.3 Å². The van der Waals surface area contributed by atoms with Crippen LogP contribution in [0.3, 0.4) is 0 Å². The summed E-state index contributed by atoms with van der Waals surface area (Å²) < 4.78 is 17.5. The van der Waals surface area contributed by atoms with Gasteiger partial charge in [0.2, 0.25) is 0 Å². The van der Waals surface area contributed by atoms with E-state index in [2.05, 4.69) is 5.32 Å². The van der Waals surface area contributed by atoms with Gasteiger partial charge in [-0.2, -0.15) is 13.5 Å². The number of alkyl halides is 1. The third kappa shape index (κ3) is 4.80. The van der Waals surface area contributed by atoms with E-state index in [-0.39, 0.29) is 25.6 Å². The molecule has 0 spiro atoms. The minimum atomic E-state index is -0.405. The van der Waals surface area contributed by atoms with Crippen LogP contribution in [-0.2, 0) is 4.74 Å². The van der Waals surface area contributed by atoms with Gasteiger partial charge in [-0.3, -0.25) is 4.39 Å². The molecule has 0 atom stereocenters. The number of anilines is 2. The number of nitrogens with two attached hydrogens (primary N) is 1. The number of halogens is 1. The predicted molar refractivity (Wildman–Crippen MR) is 94.8 cm³/mol. The lowest BCUT2D eigenvalue weighted by Crippen LogP contribution is -2.18. The summed E-state index contributed by atoms with van der Waals surface area (Å²) in [5.41, 5.74) is 8.24. The average Bonchev–Trinajstić information content (AvgIpc) is 3.30. The topological polar surface area (TPSA) is 64.3 Å². The summed E-state index contributed by atoms with van der Waals surface area (Å²) in [6.07, 6.45) is 1.79. The van der Waals surface area contributed by atoms with Gasteiger partial charge in [0.05, 0.1) is 30.7 Å². The Morgan fingerprint density at radius 2 is 2.00 bits per heavy atom. The molecule has 3 N–H and O–H groups in total. The van der Waals surface area contributed by atoms with Crippen LogP contribution in [0.15, 0.2) is 12.1 Å². The molecule has 0 amide bonds. The molecule has 4 nitrogen and oxygen atoms in total. The summed E-state index contributed by atoms with van der Waals surface area (Å²) >= 11 is 0. The van der Waals surface area contributed by atoms with Gasteiger partial charge in [-0.05, 0) is 37.5 Å². The standard InChI is InChI=1S/C14H19FN2O2.C2H6.H2S/c1-9-5-10(13(18)19-2)6-11(12(9)16)17-8-14(7-15)3-4-14;1-2;/h5-6,17H,3-4,7-8,16H2,1-2H3;1-2H3;1H2. The normalized spacial score (nSPS) is 14.0. The second-order valence-corrected chi connectivity index (χ2v) is 5.23. The van der Waals surface area contributed by atoms with Gasteiger partial charge in [0.25, 0.3) is 0 Å². The molecule has 0 heterocycles. The zero-order chi connectivity index (χ0) is 16.0. The number of carbonyl (C=O) groups excluding carboxylic acids is 1. The molecule has 1 aliphatic rings. The van der Waals surface area contributed by atoms with Gasteiger partial charge in [0.1, 0.15) is 0 Å². The Kier molecular flexibility index (Phi) is 8.30. The number of hydrogen-bond donors (Lipinski definition) is 2. The van der Waals surface area contributed by atoms with Crippen molar-refractivity contribution in [1.29, 1.82) is 0 Å². The van der Waals surface area contributed by atoms with E-state index in [0.29, 0.717) is 23.5 Å². The largest absolute Gasteiger partial charge is 0.465 e. The van der Waals surface area contributed by atoms with Crippen molar-refractivity contribution < 1.29 is 13.9 Å². The van der Waals surface area contributed by atoms with E-state index in [1.807, 2.05) is 20.8 Å². The van der Waals surface area contributed by atoms with Gasteiger partial charge >= 0.3 is 5.97 Å². The number of carbonyl (C=O) groups is 1. The first kappa shape index (κ1) is 20.6. The number of nitrogens with one attached hydrogen (secondary N) is 1. The fraction of sp³-hybridized carbons (Fsp3) is 0.562. The lowest BCUT2D eigenvalue weighted by atomic mass is 10.1. The van der Waals surface area contributed by atoms with Crippen molar-refractivity contribution in [2.75, 3.05) is 31.4 Å². The summed E-state index contributed by atoms with van der Waals surface area (Å²) in [6.45, 7) is 6.04. The van der Waals surface area contributed by atoms with E-state index in [4.69, 9.17) is 10.5 Å². The highest BCUT2D eigenvalue weighted by Gasteiger charge is 2.42. The van der Waals surface area contributed by atoms with E-state index in [1.165, 1.54) is 7.11 Å². The molecule has 0 saturated heterocycles. The molecule has 1 aromatic carbocycles. The number of rotatable bonds is 5. The zero-order valence-corrected chi connectivity index (χ0v) is 14.8. The molecule has 1 fully saturated rings. The maximum absolute atomic E-state index is 12.8. The molecule has 1 saturated carbocycles. The Labute approximate surface area is 139 Å². The number of esters is 1. The number of aryl methyl sites for hydroxylation is 1. The highest BCUT2D eigenvalue weighted by Crippen LogP contribution is 2.46. The number of methoxy groups -OCH3 is 1. The van der Waals surface area contributed by atoms with Crippen LogP contribution in [0.1, 0.15) is 42.6 Å². The quantitative estimate of drug-likeness (QED) is 0.639. The summed E-state index contributed by atoms with van der Waals surface area (Å²) in [5.74, 6) is -0.405. The Hall–Kier alpha value is -1.43. The zero-order valence-electron chi connectivity index (χ0n) is 13.8. The van der Waals surface area contributed by atoms with Gasteiger partial charge in [0, 0.05) is 12.0 Å². The van der Waals surface area contributed by atoms with Crippen LogP contribution >= 0.6 is 13.5 Å².